The van der Waals surface area contributed by atoms with Gasteiger partial charge in [-0.25, -0.2) is 0 Å². The van der Waals surface area contributed by atoms with E-state index in [2.05, 4.69) is 0 Å². The Morgan fingerprint density at radius 2 is 1.23 bits per heavy atom. The van der Waals surface area contributed by atoms with Crippen LogP contribution in [0.2, 0.25) is 0 Å². The predicted octanol–water partition coefficient (Wildman–Crippen LogP) is 3.96. The lowest BCUT2D eigenvalue weighted by Crippen LogP contribution is -1.91. The van der Waals surface area contributed by atoms with E-state index in [4.69, 9.17) is 0 Å². The molecule has 0 aliphatic heterocycles. The van der Waals surface area contributed by atoms with Crippen LogP contribution in [0.3, 0.4) is 0 Å². The molecule has 1 rings (SSSR count). The van der Waals surface area contributed by atoms with E-state index in [-0.39, 0.29) is 11.8 Å². The summed E-state index contributed by atoms with van der Waals surface area (Å²) >= 11 is 0. The summed E-state index contributed by atoms with van der Waals surface area (Å²) in [6.45, 7) is 0. The molecule has 0 radical (unpaired) electrons. The molecule has 0 aromatic rings. The zero-order valence-electron chi connectivity index (χ0n) is 6.94. The zero-order valence-corrected chi connectivity index (χ0v) is 6.94. The van der Waals surface area contributed by atoms with Crippen LogP contribution in [0, 0.1) is 11.8 Å². The summed E-state index contributed by atoms with van der Waals surface area (Å²) in [7, 11) is 0. The first-order chi connectivity index (χ1) is 6.08. The van der Waals surface area contributed by atoms with Crippen molar-refractivity contribution in [2.45, 2.75) is 19.3 Å². The molecule has 0 heterocycles. The first-order valence-corrected chi connectivity index (χ1v) is 4.13. The quantitative estimate of drug-likeness (QED) is 0.583. The third kappa shape index (κ3) is 3.61. The highest BCUT2D eigenvalue weighted by atomic mass is 19.3. The molecule has 0 bridgehead atoms. The predicted molar refractivity (Wildman–Crippen MR) is 41.4 cm³/mol. The molecule has 0 amide bonds. The molecule has 0 N–H and O–H groups in total. The lowest BCUT2D eigenvalue weighted by Gasteiger charge is -2.01. The molecular formula is C9H10F4. The van der Waals surface area contributed by atoms with Crippen LogP contribution in [0.15, 0.2) is 24.3 Å². The number of hydrogen-bond donors (Lipinski definition) is 0. The topological polar surface area (TPSA) is 0 Å². The van der Waals surface area contributed by atoms with Gasteiger partial charge in [0, 0.05) is 0 Å². The Labute approximate surface area is 73.9 Å². The Morgan fingerprint density at radius 1 is 0.846 bits per heavy atom. The van der Waals surface area contributed by atoms with Crippen LogP contribution in [-0.4, -0.2) is 0 Å². The fourth-order valence-electron chi connectivity index (χ4n) is 1.71. The van der Waals surface area contributed by atoms with Crippen molar-refractivity contribution in [2.24, 2.45) is 11.8 Å². The van der Waals surface area contributed by atoms with Gasteiger partial charge in [-0.2, -0.15) is 17.6 Å². The normalized spacial score (nSPS) is 27.1. The maximum atomic E-state index is 11.8. The Kier molecular flexibility index (Phi) is 3.51. The van der Waals surface area contributed by atoms with Gasteiger partial charge in [-0.1, -0.05) is 0 Å². The van der Waals surface area contributed by atoms with E-state index in [0.717, 1.165) is 12.2 Å². The van der Waals surface area contributed by atoms with E-state index in [1.807, 2.05) is 0 Å². The molecule has 0 spiro atoms. The Bertz CT molecular complexity index is 200. The third-order valence-corrected chi connectivity index (χ3v) is 2.24. The molecule has 4 heteroatoms. The molecule has 1 fully saturated rings. The molecule has 1 aliphatic rings. The van der Waals surface area contributed by atoms with Gasteiger partial charge in [0.25, 0.3) is 12.2 Å². The summed E-state index contributed by atoms with van der Waals surface area (Å²) in [5, 5.41) is 0. The monoisotopic (exact) mass is 194 g/mol. The second-order valence-electron chi connectivity index (χ2n) is 3.25. The Hall–Kier alpha value is -0.800. The molecule has 2 atom stereocenters. The molecule has 2 unspecified atom stereocenters. The maximum absolute atomic E-state index is 11.8. The standard InChI is InChI=1S/C9H10F4/c10-8(11)4-6-1-2-7(3-6)5-9(12)13/h4-7H,1-3H2. The first-order valence-electron chi connectivity index (χ1n) is 4.13. The van der Waals surface area contributed by atoms with E-state index < -0.39 is 12.2 Å². The number of rotatable bonds is 2. The van der Waals surface area contributed by atoms with Crippen LogP contribution >= 0.6 is 0 Å². The summed E-state index contributed by atoms with van der Waals surface area (Å²) in [5.41, 5.74) is 0. The smallest absolute Gasteiger partial charge is 0.174 e. The van der Waals surface area contributed by atoms with E-state index in [9.17, 15) is 17.6 Å². The SMILES string of the molecule is FC(F)=CC1CCC(C=C(F)F)C1. The lowest BCUT2D eigenvalue weighted by molar-refractivity contribution is 0.404. The molecular weight excluding hydrogens is 184 g/mol. The van der Waals surface area contributed by atoms with Crippen molar-refractivity contribution in [1.82, 2.24) is 0 Å². The maximum Gasteiger partial charge on any atom is 0.266 e. The van der Waals surface area contributed by atoms with Crippen LogP contribution in [-0.2, 0) is 0 Å². The van der Waals surface area contributed by atoms with Gasteiger partial charge >= 0.3 is 0 Å². The first kappa shape index (κ1) is 10.3. The number of allylic oxidation sites excluding steroid dienone is 2. The summed E-state index contributed by atoms with van der Waals surface area (Å²) in [4.78, 5) is 0. The summed E-state index contributed by atoms with van der Waals surface area (Å²) in [6, 6.07) is 0. The van der Waals surface area contributed by atoms with Crippen molar-refractivity contribution >= 4 is 0 Å². The van der Waals surface area contributed by atoms with Crippen molar-refractivity contribution in [3.8, 4) is 0 Å². The van der Waals surface area contributed by atoms with Crippen LogP contribution in [0.5, 0.6) is 0 Å². The summed E-state index contributed by atoms with van der Waals surface area (Å²) in [5.74, 6) is -0.462. The van der Waals surface area contributed by atoms with E-state index in [1.54, 1.807) is 0 Å². The van der Waals surface area contributed by atoms with Crippen LogP contribution in [0.4, 0.5) is 17.6 Å². The van der Waals surface area contributed by atoms with E-state index in [1.165, 1.54) is 0 Å². The van der Waals surface area contributed by atoms with Crippen molar-refractivity contribution in [3.63, 3.8) is 0 Å². The van der Waals surface area contributed by atoms with Crippen molar-refractivity contribution < 1.29 is 17.6 Å². The molecule has 0 saturated heterocycles. The Balaban J connectivity index is 2.45. The minimum Gasteiger partial charge on any atom is -0.174 e. The summed E-state index contributed by atoms with van der Waals surface area (Å²) in [6.07, 6.45) is -0.133. The molecule has 13 heavy (non-hydrogen) atoms. The van der Waals surface area contributed by atoms with Crippen molar-refractivity contribution in [2.75, 3.05) is 0 Å². The van der Waals surface area contributed by atoms with E-state index >= 15 is 0 Å². The van der Waals surface area contributed by atoms with Gasteiger partial charge in [0.2, 0.25) is 0 Å². The van der Waals surface area contributed by atoms with Gasteiger partial charge in [-0.3, -0.25) is 0 Å². The highest BCUT2D eigenvalue weighted by Crippen LogP contribution is 2.34. The van der Waals surface area contributed by atoms with Gasteiger partial charge in [0.05, 0.1) is 0 Å². The average Bonchev–Trinajstić information content (AvgIpc) is 2.33. The van der Waals surface area contributed by atoms with Crippen LogP contribution < -0.4 is 0 Å². The molecule has 1 aliphatic carbocycles. The minimum absolute atomic E-state index is 0.231. The van der Waals surface area contributed by atoms with Crippen LogP contribution in [0.25, 0.3) is 0 Å². The number of hydrogen-bond acceptors (Lipinski definition) is 0. The van der Waals surface area contributed by atoms with Gasteiger partial charge in [-0.05, 0) is 43.3 Å². The van der Waals surface area contributed by atoms with Gasteiger partial charge < -0.3 is 0 Å². The fraction of sp³-hybridized carbons (Fsp3) is 0.556. The Morgan fingerprint density at radius 3 is 1.54 bits per heavy atom. The lowest BCUT2D eigenvalue weighted by atomic mass is 10.1. The van der Waals surface area contributed by atoms with Gasteiger partial charge in [0.1, 0.15) is 0 Å². The van der Waals surface area contributed by atoms with Gasteiger partial charge in [0.15, 0.2) is 0 Å². The summed E-state index contributed by atoms with van der Waals surface area (Å²) < 4.78 is 47.1. The third-order valence-electron chi connectivity index (χ3n) is 2.24. The molecule has 0 aromatic carbocycles. The fourth-order valence-corrected chi connectivity index (χ4v) is 1.71. The average molecular weight is 194 g/mol. The second-order valence-corrected chi connectivity index (χ2v) is 3.25. The number of halogens is 4. The van der Waals surface area contributed by atoms with E-state index in [0.29, 0.717) is 19.3 Å². The molecule has 1 saturated carbocycles. The molecule has 74 valence electrons. The highest BCUT2D eigenvalue weighted by molar-refractivity contribution is 4.99. The zero-order chi connectivity index (χ0) is 9.84. The second kappa shape index (κ2) is 4.44. The molecule has 0 nitrogen and oxygen atoms in total. The highest BCUT2D eigenvalue weighted by Gasteiger charge is 2.22. The molecule has 0 aromatic heterocycles. The largest absolute Gasteiger partial charge is 0.266 e. The van der Waals surface area contributed by atoms with Crippen molar-refractivity contribution in [1.29, 1.82) is 0 Å². The van der Waals surface area contributed by atoms with Crippen molar-refractivity contribution in [3.05, 3.63) is 24.3 Å². The van der Waals surface area contributed by atoms with Crippen LogP contribution in [0.1, 0.15) is 19.3 Å². The minimum atomic E-state index is -1.71. The van der Waals surface area contributed by atoms with Gasteiger partial charge in [-0.15, -0.1) is 0 Å².